The van der Waals surface area contributed by atoms with E-state index in [0.29, 0.717) is 5.56 Å². The van der Waals surface area contributed by atoms with Crippen LogP contribution in [-0.2, 0) is 10.8 Å². The van der Waals surface area contributed by atoms with Crippen molar-refractivity contribution < 1.29 is 0 Å². The second kappa shape index (κ2) is 10.7. The monoisotopic (exact) mass is 622 g/mol. The summed E-state index contributed by atoms with van der Waals surface area (Å²) < 4.78 is 4.70. The Morgan fingerprint density at radius 1 is 0.521 bits per heavy atom. The topological polar surface area (TPSA) is 46.5 Å². The minimum atomic E-state index is 0.0177. The molecule has 0 N–H and O–H groups in total. The first-order valence-electron chi connectivity index (χ1n) is 16.6. The largest absolute Gasteiger partial charge is 0.309 e. The third-order valence-electron chi connectivity index (χ3n) is 9.77. The molecule has 3 heterocycles. The molecule has 0 aliphatic carbocycles. The van der Waals surface area contributed by atoms with Crippen molar-refractivity contribution >= 4 is 43.6 Å². The van der Waals surface area contributed by atoms with Gasteiger partial charge in [-0.2, -0.15) is 5.26 Å². The lowest BCUT2D eigenvalue weighted by Gasteiger charge is -2.20. The average molecular weight is 623 g/mol. The summed E-state index contributed by atoms with van der Waals surface area (Å²) in [5, 5.41) is 15.0. The fourth-order valence-corrected chi connectivity index (χ4v) is 7.20. The van der Waals surface area contributed by atoms with Crippen LogP contribution in [0.15, 0.2) is 122 Å². The summed E-state index contributed by atoms with van der Waals surface area (Å²) in [7, 11) is 0. The zero-order valence-electron chi connectivity index (χ0n) is 28.3. The van der Waals surface area contributed by atoms with Crippen molar-refractivity contribution in [2.45, 2.75) is 52.4 Å². The number of aromatic nitrogens is 3. The molecule has 0 bridgehead atoms. The molecule has 0 amide bonds. The Bertz CT molecular complexity index is 2590. The lowest BCUT2D eigenvalue weighted by atomic mass is 9.86. The highest BCUT2D eigenvalue weighted by Crippen LogP contribution is 2.42. The lowest BCUT2D eigenvalue weighted by Crippen LogP contribution is -2.10. The van der Waals surface area contributed by atoms with Gasteiger partial charge in [0.15, 0.2) is 0 Å². The van der Waals surface area contributed by atoms with Crippen LogP contribution >= 0.6 is 0 Å². The number of para-hydroxylation sites is 2. The molecule has 0 aliphatic heterocycles. The second-order valence-corrected chi connectivity index (χ2v) is 14.9. The van der Waals surface area contributed by atoms with Crippen molar-refractivity contribution in [3.05, 3.63) is 138 Å². The van der Waals surface area contributed by atoms with Crippen molar-refractivity contribution in [2.24, 2.45) is 0 Å². The predicted octanol–water partition coefficient (Wildman–Crippen LogP) is 11.4. The van der Waals surface area contributed by atoms with Crippen LogP contribution in [0, 0.1) is 11.3 Å². The number of nitrogens with zero attached hydrogens (tertiary/aromatic N) is 4. The molecule has 48 heavy (non-hydrogen) atoms. The molecule has 0 unspecified atom stereocenters. The number of benzene rings is 5. The Morgan fingerprint density at radius 2 is 1.04 bits per heavy atom. The number of pyridine rings is 1. The molecule has 0 saturated heterocycles. The standard InChI is InChI=1S/C44H38N4/c1-43(2,3)29-16-19-39-34(24-29)31-11-7-9-13-37(31)47(39)41-21-22-46-27-36(41)33-18-15-28(26-45)23-42(33)48-38-14-10-8-12-32(38)35-25-30(44(4,5)6)17-20-40(35)48/h7-25,27H,1-6H3. The first-order chi connectivity index (χ1) is 23.0. The molecule has 3 aromatic heterocycles. The van der Waals surface area contributed by atoms with Crippen molar-refractivity contribution in [3.8, 4) is 28.6 Å². The van der Waals surface area contributed by atoms with Crippen LogP contribution in [0.1, 0.15) is 58.2 Å². The van der Waals surface area contributed by atoms with E-state index in [1.54, 1.807) is 0 Å². The van der Waals surface area contributed by atoms with Crippen LogP contribution in [0.3, 0.4) is 0 Å². The van der Waals surface area contributed by atoms with Gasteiger partial charge in [-0.25, -0.2) is 0 Å². The molecule has 4 heteroatoms. The van der Waals surface area contributed by atoms with Gasteiger partial charge in [0, 0.05) is 45.1 Å². The van der Waals surface area contributed by atoms with Gasteiger partial charge in [0.2, 0.25) is 0 Å². The Balaban J connectivity index is 1.45. The molecule has 8 rings (SSSR count). The first-order valence-corrected chi connectivity index (χ1v) is 16.6. The van der Waals surface area contributed by atoms with Gasteiger partial charge < -0.3 is 9.13 Å². The zero-order chi connectivity index (χ0) is 33.4. The molecule has 0 aliphatic rings. The van der Waals surface area contributed by atoms with Crippen molar-refractivity contribution in [2.75, 3.05) is 0 Å². The molecule has 0 atom stereocenters. The third-order valence-corrected chi connectivity index (χ3v) is 9.77. The minimum absolute atomic E-state index is 0.0177. The summed E-state index contributed by atoms with van der Waals surface area (Å²) in [5.74, 6) is 0. The van der Waals surface area contributed by atoms with Gasteiger partial charge in [0.25, 0.3) is 0 Å². The van der Waals surface area contributed by atoms with E-state index in [4.69, 9.17) is 0 Å². The summed E-state index contributed by atoms with van der Waals surface area (Å²) in [6.45, 7) is 13.6. The van der Waals surface area contributed by atoms with Gasteiger partial charge in [0.05, 0.1) is 45.1 Å². The Labute approximate surface area is 281 Å². The Hall–Kier alpha value is -5.66. The maximum Gasteiger partial charge on any atom is 0.0992 e. The van der Waals surface area contributed by atoms with Gasteiger partial charge in [-0.3, -0.25) is 4.98 Å². The van der Waals surface area contributed by atoms with E-state index in [-0.39, 0.29) is 10.8 Å². The van der Waals surface area contributed by atoms with Crippen LogP contribution in [0.4, 0.5) is 0 Å². The number of nitriles is 1. The summed E-state index contributed by atoms with van der Waals surface area (Å²) in [4.78, 5) is 4.68. The molecule has 4 nitrogen and oxygen atoms in total. The molecule has 0 saturated carbocycles. The highest BCUT2D eigenvalue weighted by molar-refractivity contribution is 6.11. The quantitative estimate of drug-likeness (QED) is 0.197. The maximum atomic E-state index is 10.1. The van der Waals surface area contributed by atoms with Crippen LogP contribution in [0.25, 0.3) is 66.1 Å². The molecular weight excluding hydrogens is 585 g/mol. The molecule has 0 fully saturated rings. The van der Waals surface area contributed by atoms with Crippen LogP contribution in [-0.4, -0.2) is 14.1 Å². The summed E-state index contributed by atoms with van der Waals surface area (Å²) >= 11 is 0. The Kier molecular flexibility index (Phi) is 6.62. The van der Waals surface area contributed by atoms with Gasteiger partial charge >= 0.3 is 0 Å². The van der Waals surface area contributed by atoms with Crippen LogP contribution in [0.5, 0.6) is 0 Å². The van der Waals surface area contributed by atoms with Crippen molar-refractivity contribution in [3.63, 3.8) is 0 Å². The number of rotatable bonds is 3. The number of hydrogen-bond acceptors (Lipinski definition) is 2. The highest BCUT2D eigenvalue weighted by Gasteiger charge is 2.23. The van der Waals surface area contributed by atoms with E-state index in [0.717, 1.165) is 44.6 Å². The van der Waals surface area contributed by atoms with E-state index in [2.05, 4.69) is 159 Å². The lowest BCUT2D eigenvalue weighted by molar-refractivity contribution is 0.591. The second-order valence-electron chi connectivity index (χ2n) is 14.9. The average Bonchev–Trinajstić information content (AvgIpc) is 3.59. The van der Waals surface area contributed by atoms with E-state index >= 15 is 0 Å². The van der Waals surface area contributed by atoms with Crippen molar-refractivity contribution in [1.82, 2.24) is 14.1 Å². The fraction of sp³-hybridized carbons (Fsp3) is 0.182. The van der Waals surface area contributed by atoms with Gasteiger partial charge in [-0.15, -0.1) is 0 Å². The molecule has 234 valence electrons. The molecule has 5 aromatic carbocycles. The maximum absolute atomic E-state index is 10.1. The minimum Gasteiger partial charge on any atom is -0.309 e. The number of hydrogen-bond donors (Lipinski definition) is 0. The van der Waals surface area contributed by atoms with E-state index < -0.39 is 0 Å². The van der Waals surface area contributed by atoms with Crippen molar-refractivity contribution in [1.29, 1.82) is 5.26 Å². The normalized spacial score (nSPS) is 12.4. The summed E-state index contributed by atoms with van der Waals surface area (Å²) in [6.07, 6.45) is 3.84. The highest BCUT2D eigenvalue weighted by atomic mass is 15.0. The molecule has 0 spiro atoms. The molecule has 0 radical (unpaired) electrons. The van der Waals surface area contributed by atoms with E-state index in [1.165, 1.54) is 32.7 Å². The predicted molar refractivity (Wildman–Crippen MR) is 200 cm³/mol. The molecule has 8 aromatic rings. The van der Waals surface area contributed by atoms with E-state index in [1.807, 2.05) is 24.5 Å². The smallest absolute Gasteiger partial charge is 0.0992 e. The van der Waals surface area contributed by atoms with E-state index in [9.17, 15) is 5.26 Å². The van der Waals surface area contributed by atoms with Gasteiger partial charge in [0.1, 0.15) is 0 Å². The Morgan fingerprint density at radius 3 is 1.58 bits per heavy atom. The third kappa shape index (κ3) is 4.61. The van der Waals surface area contributed by atoms with Gasteiger partial charge in [-0.1, -0.05) is 96.1 Å². The fourth-order valence-electron chi connectivity index (χ4n) is 7.20. The zero-order valence-corrected chi connectivity index (χ0v) is 28.3. The molecular formula is C44H38N4. The summed E-state index contributed by atoms with van der Waals surface area (Å²) in [6, 6.07) is 41.5. The number of fused-ring (bicyclic) bond motifs is 6. The van der Waals surface area contributed by atoms with Gasteiger partial charge in [-0.05, 0) is 76.6 Å². The summed E-state index contributed by atoms with van der Waals surface area (Å²) in [5.41, 5.74) is 11.8. The first kappa shape index (κ1) is 29.7. The van der Waals surface area contributed by atoms with Crippen LogP contribution < -0.4 is 0 Å². The SMILES string of the molecule is CC(C)(C)c1ccc2c(c1)c1ccccc1n2-c1ccncc1-c1ccc(C#N)cc1-n1c2ccccc2c2cc(C(C)(C)C)ccc21. The van der Waals surface area contributed by atoms with Crippen LogP contribution in [0.2, 0.25) is 0 Å².